The van der Waals surface area contributed by atoms with Crippen LogP contribution in [-0.2, 0) is 0 Å². The lowest BCUT2D eigenvalue weighted by molar-refractivity contribution is 0.669. The van der Waals surface area contributed by atoms with Crippen molar-refractivity contribution in [1.82, 2.24) is 0 Å². The molecule has 0 spiro atoms. The second-order valence-corrected chi connectivity index (χ2v) is 15.7. The minimum absolute atomic E-state index is 0.840. The molecule has 9 aromatic carbocycles. The lowest BCUT2D eigenvalue weighted by atomic mass is 10.1. The number of furan rings is 1. The molecule has 0 atom stereocenters. The maximum absolute atomic E-state index is 6.68. The van der Waals surface area contributed by atoms with Gasteiger partial charge < -0.3 is 19.1 Å². The van der Waals surface area contributed by atoms with E-state index in [1.165, 1.54) is 20.2 Å². The molecule has 2 aromatic heterocycles. The van der Waals surface area contributed by atoms with Crippen LogP contribution in [0.1, 0.15) is 0 Å². The van der Waals surface area contributed by atoms with Crippen LogP contribution in [-0.4, -0.2) is 0 Å². The molecule has 11 aromatic rings. The summed E-state index contributed by atoms with van der Waals surface area (Å²) in [6, 6.07) is 79.6. The van der Waals surface area contributed by atoms with Crippen molar-refractivity contribution < 1.29 is 4.42 Å². The second kappa shape index (κ2) is 14.7. The normalized spacial score (nSPS) is 11.4. The van der Waals surface area contributed by atoms with Gasteiger partial charge in [0.2, 0.25) is 0 Å². The van der Waals surface area contributed by atoms with Crippen molar-refractivity contribution in [2.24, 2.45) is 0 Å². The van der Waals surface area contributed by atoms with Gasteiger partial charge in [-0.2, -0.15) is 0 Å². The maximum Gasteiger partial charge on any atom is 0.137 e. The summed E-state index contributed by atoms with van der Waals surface area (Å²) in [5, 5.41) is 4.68. The number of fused-ring (bicyclic) bond motifs is 6. The van der Waals surface area contributed by atoms with Crippen LogP contribution in [0.2, 0.25) is 0 Å². The van der Waals surface area contributed by atoms with Crippen molar-refractivity contribution in [3.05, 3.63) is 224 Å². The summed E-state index contributed by atoms with van der Waals surface area (Å²) in [7, 11) is 0. The Balaban J connectivity index is 1.02. The van der Waals surface area contributed by atoms with Crippen LogP contribution in [0.4, 0.5) is 51.2 Å². The van der Waals surface area contributed by atoms with Gasteiger partial charge in [-0.05, 0) is 121 Å². The lowest BCUT2D eigenvalue weighted by Gasteiger charge is -2.29. The van der Waals surface area contributed by atoms with Crippen LogP contribution >= 0.6 is 11.3 Å². The summed E-state index contributed by atoms with van der Waals surface area (Å²) >= 11 is 1.84. The lowest BCUT2D eigenvalue weighted by Crippen LogP contribution is -2.13. The smallest absolute Gasteiger partial charge is 0.137 e. The molecule has 4 nitrogen and oxygen atoms in total. The van der Waals surface area contributed by atoms with Gasteiger partial charge in [-0.3, -0.25) is 0 Å². The molecule has 0 radical (unpaired) electrons. The van der Waals surface area contributed by atoms with Crippen molar-refractivity contribution in [2.75, 3.05) is 14.7 Å². The molecule has 0 saturated carbocycles. The molecule has 0 aliphatic carbocycles. The summed E-state index contributed by atoms with van der Waals surface area (Å²) < 4.78 is 9.26. The number of nitrogens with zero attached hydrogens (tertiary/aromatic N) is 3. The molecule has 2 heterocycles. The molecule has 280 valence electrons. The summed E-state index contributed by atoms with van der Waals surface area (Å²) in [5.41, 5.74) is 11.3. The van der Waals surface area contributed by atoms with E-state index < -0.39 is 0 Å². The molecule has 0 saturated heterocycles. The predicted octanol–water partition coefficient (Wildman–Crippen LogP) is 16.4. The average Bonchev–Trinajstić information content (AvgIpc) is 3.86. The fourth-order valence-corrected chi connectivity index (χ4v) is 9.39. The molecular formula is C54H37N3OS. The first-order chi connectivity index (χ1) is 29.2. The first-order valence-corrected chi connectivity index (χ1v) is 20.7. The molecule has 5 heteroatoms. The topological polar surface area (TPSA) is 22.9 Å². The Bertz CT molecular complexity index is 3190. The van der Waals surface area contributed by atoms with Gasteiger partial charge >= 0.3 is 0 Å². The fraction of sp³-hybridized carbons (Fsp3) is 0. The van der Waals surface area contributed by atoms with E-state index in [2.05, 4.69) is 239 Å². The standard InChI is InChI=1S/C54H37N3OS/c1-5-16-38(17-6-1)55(39-18-7-2-8-19-39)42-24-15-25-43(34-42)56(40-20-9-3-10-21-40)44-29-32-51-49(35-44)47-31-28-46(37-52(47)58-51)57(41-22-11-4-12-23-41)45-30-33-54-50(36-45)48-26-13-14-27-53(48)59-54/h1-37H. The molecule has 11 rings (SSSR count). The minimum atomic E-state index is 0.840. The molecule has 0 unspecified atom stereocenters. The SMILES string of the molecule is c1ccc(N(c2ccccc2)c2cccc(N(c3ccccc3)c3ccc4oc5cc(N(c6ccccc6)c6ccc7sc8ccccc8c7c6)ccc5c4c3)c2)cc1. The van der Waals surface area contributed by atoms with Gasteiger partial charge in [0.1, 0.15) is 11.2 Å². The summed E-state index contributed by atoms with van der Waals surface area (Å²) in [6.45, 7) is 0. The highest BCUT2D eigenvalue weighted by atomic mass is 32.1. The average molecular weight is 776 g/mol. The zero-order valence-electron chi connectivity index (χ0n) is 32.0. The zero-order valence-corrected chi connectivity index (χ0v) is 32.8. The van der Waals surface area contributed by atoms with Gasteiger partial charge in [0.25, 0.3) is 0 Å². The highest BCUT2D eigenvalue weighted by Gasteiger charge is 2.20. The van der Waals surface area contributed by atoms with Gasteiger partial charge in [0.15, 0.2) is 0 Å². The molecular weight excluding hydrogens is 739 g/mol. The Labute approximate surface area is 346 Å². The number of para-hydroxylation sites is 4. The number of rotatable bonds is 9. The Morgan fingerprint density at radius 2 is 0.678 bits per heavy atom. The second-order valence-electron chi connectivity index (χ2n) is 14.6. The van der Waals surface area contributed by atoms with E-state index in [-0.39, 0.29) is 0 Å². The van der Waals surface area contributed by atoms with E-state index in [0.717, 1.165) is 73.1 Å². The fourth-order valence-electron chi connectivity index (χ4n) is 8.31. The molecule has 0 aliphatic heterocycles. The van der Waals surface area contributed by atoms with Crippen LogP contribution in [0.25, 0.3) is 42.1 Å². The number of anilines is 9. The monoisotopic (exact) mass is 775 g/mol. The van der Waals surface area contributed by atoms with E-state index in [4.69, 9.17) is 4.42 Å². The Hall–Kier alpha value is -7.60. The first kappa shape index (κ1) is 34.6. The maximum atomic E-state index is 6.68. The van der Waals surface area contributed by atoms with Gasteiger partial charge in [-0.1, -0.05) is 97.1 Å². The van der Waals surface area contributed by atoms with Crippen molar-refractivity contribution >= 4 is 105 Å². The Kier molecular flexibility index (Phi) is 8.64. The predicted molar refractivity (Wildman–Crippen MR) is 251 cm³/mol. The Morgan fingerprint density at radius 3 is 1.27 bits per heavy atom. The third-order valence-electron chi connectivity index (χ3n) is 11.0. The molecule has 0 N–H and O–H groups in total. The summed E-state index contributed by atoms with van der Waals surface area (Å²) in [6.07, 6.45) is 0. The van der Waals surface area contributed by atoms with E-state index in [1.807, 2.05) is 11.3 Å². The summed E-state index contributed by atoms with van der Waals surface area (Å²) in [5.74, 6) is 0. The van der Waals surface area contributed by atoms with E-state index >= 15 is 0 Å². The summed E-state index contributed by atoms with van der Waals surface area (Å²) in [4.78, 5) is 6.95. The van der Waals surface area contributed by atoms with Crippen LogP contribution in [0.15, 0.2) is 229 Å². The molecule has 0 aliphatic rings. The van der Waals surface area contributed by atoms with Gasteiger partial charge in [-0.25, -0.2) is 0 Å². The number of hydrogen-bond acceptors (Lipinski definition) is 5. The van der Waals surface area contributed by atoms with Gasteiger partial charge in [0.05, 0.1) is 0 Å². The quantitative estimate of drug-likeness (QED) is 0.146. The molecule has 59 heavy (non-hydrogen) atoms. The highest BCUT2D eigenvalue weighted by Crippen LogP contribution is 2.45. The van der Waals surface area contributed by atoms with E-state index in [9.17, 15) is 0 Å². The van der Waals surface area contributed by atoms with Crippen molar-refractivity contribution in [1.29, 1.82) is 0 Å². The minimum Gasteiger partial charge on any atom is -0.456 e. The highest BCUT2D eigenvalue weighted by molar-refractivity contribution is 7.25. The number of thiophene rings is 1. The number of hydrogen-bond donors (Lipinski definition) is 0. The first-order valence-electron chi connectivity index (χ1n) is 19.8. The van der Waals surface area contributed by atoms with Crippen LogP contribution in [0.3, 0.4) is 0 Å². The van der Waals surface area contributed by atoms with E-state index in [0.29, 0.717) is 0 Å². The molecule has 0 amide bonds. The van der Waals surface area contributed by atoms with Crippen LogP contribution in [0, 0.1) is 0 Å². The Morgan fingerprint density at radius 1 is 0.254 bits per heavy atom. The largest absolute Gasteiger partial charge is 0.456 e. The van der Waals surface area contributed by atoms with Crippen molar-refractivity contribution in [3.8, 4) is 0 Å². The molecule has 0 fully saturated rings. The zero-order chi connectivity index (χ0) is 39.1. The van der Waals surface area contributed by atoms with Crippen molar-refractivity contribution in [3.63, 3.8) is 0 Å². The van der Waals surface area contributed by atoms with E-state index in [1.54, 1.807) is 0 Å². The molecule has 0 bridgehead atoms. The van der Waals surface area contributed by atoms with Crippen molar-refractivity contribution in [2.45, 2.75) is 0 Å². The van der Waals surface area contributed by atoms with Crippen LogP contribution < -0.4 is 14.7 Å². The number of benzene rings is 9. The third-order valence-corrected chi connectivity index (χ3v) is 12.1. The van der Waals surface area contributed by atoms with Gasteiger partial charge in [0, 0.05) is 88.2 Å². The van der Waals surface area contributed by atoms with Gasteiger partial charge in [-0.15, -0.1) is 11.3 Å². The van der Waals surface area contributed by atoms with Crippen LogP contribution in [0.5, 0.6) is 0 Å². The third kappa shape index (κ3) is 6.35.